The van der Waals surface area contributed by atoms with E-state index in [2.05, 4.69) is 6.07 Å². The summed E-state index contributed by atoms with van der Waals surface area (Å²) >= 11 is 8.59. The Kier molecular flexibility index (Phi) is 4.37. The van der Waals surface area contributed by atoms with Crippen molar-refractivity contribution in [3.63, 3.8) is 0 Å². The fourth-order valence-corrected chi connectivity index (χ4v) is 5.07. The van der Waals surface area contributed by atoms with Gasteiger partial charge in [0.15, 0.2) is 0 Å². The quantitative estimate of drug-likeness (QED) is 0.463. The van der Waals surface area contributed by atoms with Crippen LogP contribution in [-0.4, -0.2) is 0 Å². The largest absolute Gasteiger partial charge is 0.207 e. The lowest BCUT2D eigenvalue weighted by molar-refractivity contribution is 0.624. The van der Waals surface area contributed by atoms with E-state index in [-0.39, 0.29) is 11.2 Å². The maximum atomic E-state index is 13.5. The predicted molar refractivity (Wildman–Crippen MR) is 89.1 cm³/mol. The van der Waals surface area contributed by atoms with Crippen LogP contribution in [0.5, 0.6) is 0 Å². The number of fused-ring (bicyclic) bond motifs is 1. The van der Waals surface area contributed by atoms with Gasteiger partial charge in [-0.15, -0.1) is 22.9 Å². The van der Waals surface area contributed by atoms with Crippen LogP contribution >= 0.6 is 22.9 Å². The number of alkyl halides is 1. The van der Waals surface area contributed by atoms with E-state index in [1.807, 2.05) is 25.2 Å². The summed E-state index contributed by atoms with van der Waals surface area (Å²) in [5, 5.41) is -0.164. The molecule has 0 N–H and O–H groups in total. The summed E-state index contributed by atoms with van der Waals surface area (Å²) in [5.41, 5.74) is 4.43. The zero-order valence-corrected chi connectivity index (χ0v) is 14.1. The molecule has 0 aliphatic heterocycles. The van der Waals surface area contributed by atoms with E-state index in [9.17, 15) is 4.39 Å². The van der Waals surface area contributed by atoms with E-state index < -0.39 is 0 Å². The summed E-state index contributed by atoms with van der Waals surface area (Å²) in [4.78, 5) is 2.71. The van der Waals surface area contributed by atoms with Crippen molar-refractivity contribution >= 4 is 22.9 Å². The van der Waals surface area contributed by atoms with E-state index in [1.54, 1.807) is 12.1 Å². The smallest absolute Gasteiger partial charge is 0.123 e. The summed E-state index contributed by atoms with van der Waals surface area (Å²) in [6.07, 6.45) is 6.26. The number of thiophene rings is 1. The summed E-state index contributed by atoms with van der Waals surface area (Å²) in [6.45, 7) is 3.89. The lowest BCUT2D eigenvalue weighted by Gasteiger charge is -2.15. The highest BCUT2D eigenvalue weighted by molar-refractivity contribution is 7.12. The average molecular weight is 323 g/mol. The maximum Gasteiger partial charge on any atom is 0.123 e. The van der Waals surface area contributed by atoms with E-state index >= 15 is 0 Å². The Morgan fingerprint density at radius 3 is 2.43 bits per heavy atom. The molecule has 0 bridgehead atoms. The third kappa shape index (κ3) is 3.02. The minimum absolute atomic E-state index is 0.164. The molecule has 1 unspecified atom stereocenters. The highest BCUT2D eigenvalue weighted by Crippen LogP contribution is 2.40. The first-order valence-corrected chi connectivity index (χ1v) is 8.83. The van der Waals surface area contributed by atoms with Gasteiger partial charge in [-0.1, -0.05) is 6.42 Å². The Morgan fingerprint density at radius 1 is 1.05 bits per heavy atom. The van der Waals surface area contributed by atoms with Crippen molar-refractivity contribution in [2.75, 3.05) is 0 Å². The highest BCUT2D eigenvalue weighted by Gasteiger charge is 2.21. The Bertz CT molecular complexity index is 613. The molecule has 0 saturated carbocycles. The molecule has 3 rings (SSSR count). The molecule has 1 aliphatic carbocycles. The Hall–Kier alpha value is -0.860. The maximum absolute atomic E-state index is 13.5. The molecule has 1 atom stereocenters. The first kappa shape index (κ1) is 15.1. The van der Waals surface area contributed by atoms with Gasteiger partial charge in [0.25, 0.3) is 0 Å². The molecule has 0 nitrogen and oxygen atoms in total. The zero-order chi connectivity index (χ0) is 15.0. The van der Waals surface area contributed by atoms with E-state index in [0.29, 0.717) is 0 Å². The van der Waals surface area contributed by atoms with Crippen LogP contribution in [0.1, 0.15) is 56.6 Å². The fraction of sp³-hybridized carbons (Fsp3) is 0.444. The van der Waals surface area contributed by atoms with Gasteiger partial charge < -0.3 is 0 Å². The molecule has 1 heterocycles. The monoisotopic (exact) mass is 322 g/mol. The Morgan fingerprint density at radius 2 is 1.71 bits per heavy atom. The highest BCUT2D eigenvalue weighted by atomic mass is 35.5. The summed E-state index contributed by atoms with van der Waals surface area (Å²) in [7, 11) is 0. The predicted octanol–water partition coefficient (Wildman–Crippen LogP) is 6.10. The van der Waals surface area contributed by atoms with Gasteiger partial charge in [0, 0.05) is 9.75 Å². The third-order valence-electron chi connectivity index (χ3n) is 4.33. The van der Waals surface area contributed by atoms with Crippen LogP contribution in [0, 0.1) is 19.7 Å². The molecule has 2 aromatic rings. The Labute approximate surface area is 135 Å². The van der Waals surface area contributed by atoms with Crippen molar-refractivity contribution < 1.29 is 4.39 Å². The summed E-state index contributed by atoms with van der Waals surface area (Å²) in [6, 6.07) is 5.44. The number of benzene rings is 1. The van der Waals surface area contributed by atoms with Gasteiger partial charge in [0.2, 0.25) is 0 Å². The van der Waals surface area contributed by atoms with Gasteiger partial charge in [0.1, 0.15) is 5.82 Å². The van der Waals surface area contributed by atoms with Gasteiger partial charge >= 0.3 is 0 Å². The van der Waals surface area contributed by atoms with Crippen LogP contribution in [0.15, 0.2) is 18.2 Å². The van der Waals surface area contributed by atoms with Crippen LogP contribution in [0.2, 0.25) is 0 Å². The molecule has 0 saturated heterocycles. The van der Waals surface area contributed by atoms with Gasteiger partial charge in [0.05, 0.1) is 5.38 Å². The third-order valence-corrected chi connectivity index (χ3v) is 6.21. The summed E-state index contributed by atoms with van der Waals surface area (Å²) in [5.74, 6) is -0.181. The lowest BCUT2D eigenvalue weighted by atomic mass is 9.98. The minimum Gasteiger partial charge on any atom is -0.207 e. The van der Waals surface area contributed by atoms with Crippen LogP contribution < -0.4 is 0 Å². The molecular formula is C18H20ClFS. The second-order valence-corrected chi connectivity index (χ2v) is 7.58. The molecule has 0 fully saturated rings. The van der Waals surface area contributed by atoms with Crippen molar-refractivity contribution in [1.29, 1.82) is 0 Å². The first-order chi connectivity index (χ1) is 10.1. The van der Waals surface area contributed by atoms with E-state index in [4.69, 9.17) is 11.6 Å². The lowest BCUT2D eigenvalue weighted by Crippen LogP contribution is -1.99. The van der Waals surface area contributed by atoms with Gasteiger partial charge in [-0.05, 0) is 80.0 Å². The molecule has 1 aliphatic rings. The zero-order valence-electron chi connectivity index (χ0n) is 12.5. The average Bonchev–Trinajstić information content (AvgIpc) is 2.69. The molecule has 0 amide bonds. The molecule has 3 heteroatoms. The van der Waals surface area contributed by atoms with Crippen molar-refractivity contribution in [1.82, 2.24) is 0 Å². The molecule has 21 heavy (non-hydrogen) atoms. The van der Waals surface area contributed by atoms with Gasteiger partial charge in [-0.2, -0.15) is 0 Å². The van der Waals surface area contributed by atoms with Crippen LogP contribution in [-0.2, 0) is 12.8 Å². The fourth-order valence-electron chi connectivity index (χ4n) is 3.28. The second-order valence-electron chi connectivity index (χ2n) is 5.97. The number of halogens is 2. The van der Waals surface area contributed by atoms with Crippen molar-refractivity contribution in [3.8, 4) is 0 Å². The van der Waals surface area contributed by atoms with Crippen molar-refractivity contribution in [2.45, 2.75) is 51.3 Å². The number of hydrogen-bond donors (Lipinski definition) is 0. The van der Waals surface area contributed by atoms with E-state index in [0.717, 1.165) is 16.7 Å². The SMILES string of the molecule is Cc1cc(F)cc(C)c1C(Cl)c1cc2c(s1)CCCCC2. The summed E-state index contributed by atoms with van der Waals surface area (Å²) < 4.78 is 13.5. The van der Waals surface area contributed by atoms with Crippen LogP contribution in [0.25, 0.3) is 0 Å². The standard InChI is InChI=1S/C18H20ClFS/c1-11-8-14(20)9-12(2)17(11)18(19)16-10-13-6-4-3-5-7-15(13)21-16/h8-10,18H,3-7H2,1-2H3. The van der Waals surface area contributed by atoms with Gasteiger partial charge in [-0.25, -0.2) is 4.39 Å². The van der Waals surface area contributed by atoms with Crippen molar-refractivity contribution in [3.05, 3.63) is 56.0 Å². The molecule has 1 aromatic heterocycles. The minimum atomic E-state index is -0.181. The molecule has 0 radical (unpaired) electrons. The van der Waals surface area contributed by atoms with Crippen LogP contribution in [0.4, 0.5) is 4.39 Å². The normalized spacial score (nSPS) is 16.4. The number of rotatable bonds is 2. The topological polar surface area (TPSA) is 0 Å². The molecule has 1 aromatic carbocycles. The second kappa shape index (κ2) is 6.10. The first-order valence-electron chi connectivity index (χ1n) is 7.58. The van der Waals surface area contributed by atoms with Gasteiger partial charge in [-0.3, -0.25) is 0 Å². The number of hydrogen-bond acceptors (Lipinski definition) is 1. The molecule has 112 valence electrons. The molecule has 0 spiro atoms. The van der Waals surface area contributed by atoms with Crippen molar-refractivity contribution in [2.24, 2.45) is 0 Å². The van der Waals surface area contributed by atoms with E-state index in [1.165, 1.54) is 47.4 Å². The number of aryl methyl sites for hydroxylation is 4. The van der Waals surface area contributed by atoms with Crippen LogP contribution in [0.3, 0.4) is 0 Å². The Balaban J connectivity index is 1.97. The molecular weight excluding hydrogens is 303 g/mol.